The van der Waals surface area contributed by atoms with Gasteiger partial charge in [-0.05, 0) is 25.1 Å². The van der Waals surface area contributed by atoms with Gasteiger partial charge in [-0.15, -0.1) is 0 Å². The molecule has 3 aromatic rings. The number of rotatable bonds is 11. The van der Waals surface area contributed by atoms with E-state index in [0.29, 0.717) is 79.5 Å². The van der Waals surface area contributed by atoms with Crippen molar-refractivity contribution >= 4 is 39.1 Å². The van der Waals surface area contributed by atoms with Crippen LogP contribution in [-0.4, -0.2) is 91.0 Å². The summed E-state index contributed by atoms with van der Waals surface area (Å²) in [5.74, 6) is -0.199. The second-order valence-electron chi connectivity index (χ2n) is 9.57. The number of alkyl halides is 3. The second kappa shape index (κ2) is 13.0. The number of carboxylic acids is 1. The Balaban J connectivity index is 1.60. The van der Waals surface area contributed by atoms with Gasteiger partial charge in [-0.25, -0.2) is 19.3 Å². The quantitative estimate of drug-likeness (QED) is 0.307. The number of hydrogen-bond acceptors (Lipinski definition) is 10. The minimum absolute atomic E-state index is 0.00113. The number of likely N-dealkylation sites (N-methyl/N-ethyl adjacent to an activating group) is 1. The van der Waals surface area contributed by atoms with Gasteiger partial charge in [0.1, 0.15) is 34.0 Å². The zero-order chi connectivity index (χ0) is 29.7. The van der Waals surface area contributed by atoms with E-state index in [4.69, 9.17) is 9.84 Å². The van der Waals surface area contributed by atoms with Crippen LogP contribution in [0.2, 0.25) is 0 Å². The van der Waals surface area contributed by atoms with Crippen molar-refractivity contribution in [1.82, 2.24) is 19.9 Å². The van der Waals surface area contributed by atoms with Crippen molar-refractivity contribution in [2.75, 3.05) is 75.1 Å². The Morgan fingerprint density at radius 1 is 1.15 bits per heavy atom. The van der Waals surface area contributed by atoms with Gasteiger partial charge >= 0.3 is 12.1 Å². The van der Waals surface area contributed by atoms with E-state index in [-0.39, 0.29) is 17.7 Å². The third-order valence-electron chi connectivity index (χ3n) is 6.48. The second-order valence-corrected chi connectivity index (χ2v) is 10.5. The van der Waals surface area contributed by atoms with Crippen LogP contribution in [0.15, 0.2) is 24.3 Å². The normalized spacial score (nSPS) is 14.4. The van der Waals surface area contributed by atoms with Crippen molar-refractivity contribution in [3.8, 4) is 11.3 Å². The lowest BCUT2D eigenvalue weighted by atomic mass is 10.1. The first-order chi connectivity index (χ1) is 19.4. The lowest BCUT2D eigenvalue weighted by Crippen LogP contribution is -2.47. The van der Waals surface area contributed by atoms with Crippen LogP contribution in [-0.2, 0) is 15.7 Å². The summed E-state index contributed by atoms with van der Waals surface area (Å²) >= 11 is 1.20. The van der Waals surface area contributed by atoms with E-state index < -0.39 is 23.5 Å². The zero-order valence-corrected chi connectivity index (χ0v) is 23.6. The van der Waals surface area contributed by atoms with Crippen LogP contribution in [0, 0.1) is 12.7 Å². The highest BCUT2D eigenvalue weighted by molar-refractivity contribution is 7.20. The highest BCUT2D eigenvalue weighted by Gasteiger charge is 2.32. The summed E-state index contributed by atoms with van der Waals surface area (Å²) < 4.78 is 59.7. The summed E-state index contributed by atoms with van der Waals surface area (Å²) in [5.41, 5.74) is -0.898. The first-order valence-electron chi connectivity index (χ1n) is 12.8. The standard InChI is InChI=1S/C26H31F4N7O3S/c1-16-31-20(15-21(32-16)37-8-6-36(7-9-37)5-4-22(38)39)33-25-34-23(24(41-25)35(2)10-11-40-3)17-12-18(26(28,29)30)14-19(27)13-17/h12-15H,4-11H2,1-3H3,(H,38,39)(H,31,32,33,34). The molecule has 0 aliphatic carbocycles. The molecule has 0 radical (unpaired) electrons. The first kappa shape index (κ1) is 30.4. The van der Waals surface area contributed by atoms with Crippen LogP contribution in [0.5, 0.6) is 0 Å². The van der Waals surface area contributed by atoms with Gasteiger partial charge < -0.3 is 25.0 Å². The molecule has 2 aromatic heterocycles. The Morgan fingerprint density at radius 3 is 2.54 bits per heavy atom. The van der Waals surface area contributed by atoms with Crippen LogP contribution < -0.4 is 15.1 Å². The van der Waals surface area contributed by atoms with Crippen molar-refractivity contribution in [2.24, 2.45) is 0 Å². The molecule has 4 rings (SSSR count). The molecule has 222 valence electrons. The summed E-state index contributed by atoms with van der Waals surface area (Å²) in [7, 11) is 3.30. The molecular weight excluding hydrogens is 566 g/mol. The third-order valence-corrected chi connectivity index (χ3v) is 7.57. The van der Waals surface area contributed by atoms with Crippen molar-refractivity contribution in [1.29, 1.82) is 0 Å². The Hall–Kier alpha value is -3.56. The third kappa shape index (κ3) is 8.01. The van der Waals surface area contributed by atoms with E-state index in [9.17, 15) is 22.4 Å². The molecule has 1 aliphatic rings. The molecule has 0 bridgehead atoms. The van der Waals surface area contributed by atoms with Crippen LogP contribution in [0.4, 0.5) is 39.3 Å². The Kier molecular flexibility index (Phi) is 9.60. The molecule has 0 spiro atoms. The largest absolute Gasteiger partial charge is 0.481 e. The topological polar surface area (TPSA) is 107 Å². The summed E-state index contributed by atoms with van der Waals surface area (Å²) in [5, 5.41) is 13.0. The van der Waals surface area contributed by atoms with Crippen LogP contribution >= 0.6 is 11.3 Å². The predicted molar refractivity (Wildman–Crippen MR) is 149 cm³/mol. The van der Waals surface area contributed by atoms with E-state index in [1.54, 1.807) is 32.0 Å². The number of carbonyl (C=O) groups is 1. The number of ether oxygens (including phenoxy) is 1. The molecule has 0 amide bonds. The molecule has 1 saturated heterocycles. The summed E-state index contributed by atoms with van der Waals surface area (Å²) in [6.07, 6.45) is -4.63. The van der Waals surface area contributed by atoms with Crippen molar-refractivity contribution in [3.05, 3.63) is 41.5 Å². The Morgan fingerprint density at radius 2 is 1.88 bits per heavy atom. The minimum Gasteiger partial charge on any atom is -0.481 e. The van der Waals surface area contributed by atoms with Gasteiger partial charge in [0, 0.05) is 65.1 Å². The molecule has 0 atom stereocenters. The fraction of sp³-hybridized carbons (Fsp3) is 0.462. The summed E-state index contributed by atoms with van der Waals surface area (Å²) in [6.45, 7) is 5.74. The summed E-state index contributed by atoms with van der Waals surface area (Å²) in [6, 6.07) is 4.14. The highest BCUT2D eigenvalue weighted by Crippen LogP contribution is 2.41. The number of aromatic nitrogens is 3. The molecule has 1 fully saturated rings. The number of nitrogens with one attached hydrogen (secondary N) is 1. The average molecular weight is 598 g/mol. The molecule has 2 N–H and O–H groups in total. The van der Waals surface area contributed by atoms with Gasteiger partial charge in [-0.1, -0.05) is 11.3 Å². The summed E-state index contributed by atoms with van der Waals surface area (Å²) in [4.78, 5) is 30.4. The number of piperazine rings is 1. The van der Waals surface area contributed by atoms with Crippen molar-refractivity contribution < 1.29 is 32.2 Å². The first-order valence-corrected chi connectivity index (χ1v) is 13.7. The van der Waals surface area contributed by atoms with E-state index in [1.807, 2.05) is 0 Å². The molecular formula is C26H31F4N7O3S. The highest BCUT2D eigenvalue weighted by atomic mass is 32.1. The van der Waals surface area contributed by atoms with Crippen molar-refractivity contribution in [3.63, 3.8) is 0 Å². The maximum Gasteiger partial charge on any atom is 0.416 e. The number of aliphatic carboxylic acids is 1. The fourth-order valence-corrected chi connectivity index (χ4v) is 5.36. The van der Waals surface area contributed by atoms with E-state index in [2.05, 4.69) is 30.1 Å². The Labute approximate surface area is 238 Å². The van der Waals surface area contributed by atoms with E-state index >= 15 is 0 Å². The number of thiazole rings is 1. The molecule has 0 saturated carbocycles. The smallest absolute Gasteiger partial charge is 0.416 e. The number of anilines is 4. The van der Waals surface area contributed by atoms with Gasteiger partial charge in [-0.3, -0.25) is 9.69 Å². The zero-order valence-electron chi connectivity index (χ0n) is 22.8. The van der Waals surface area contributed by atoms with Crippen LogP contribution in [0.1, 0.15) is 17.8 Å². The SMILES string of the molecule is COCCN(C)c1sc(Nc2cc(N3CCN(CCC(=O)O)CC3)nc(C)n2)nc1-c1cc(F)cc(C(F)(F)F)c1. The number of aryl methyl sites for hydroxylation is 1. The number of benzene rings is 1. The maximum absolute atomic E-state index is 14.3. The van der Waals surface area contributed by atoms with Gasteiger partial charge in [0.15, 0.2) is 5.13 Å². The lowest BCUT2D eigenvalue weighted by molar-refractivity contribution is -0.138. The number of hydrogen-bond donors (Lipinski definition) is 2. The number of halogens is 4. The molecule has 1 aromatic carbocycles. The van der Waals surface area contributed by atoms with Crippen LogP contribution in [0.3, 0.4) is 0 Å². The molecule has 41 heavy (non-hydrogen) atoms. The van der Waals surface area contributed by atoms with E-state index in [1.165, 1.54) is 11.3 Å². The lowest BCUT2D eigenvalue weighted by Gasteiger charge is -2.35. The molecule has 1 aliphatic heterocycles. The van der Waals surface area contributed by atoms with Gasteiger partial charge in [0.05, 0.1) is 18.6 Å². The fourth-order valence-electron chi connectivity index (χ4n) is 4.37. The number of nitrogens with zero attached hydrogens (tertiary/aromatic N) is 6. The maximum atomic E-state index is 14.3. The van der Waals surface area contributed by atoms with Gasteiger partial charge in [0.2, 0.25) is 0 Å². The molecule has 0 unspecified atom stereocenters. The Bertz CT molecular complexity index is 1360. The van der Waals surface area contributed by atoms with E-state index in [0.717, 1.165) is 12.1 Å². The van der Waals surface area contributed by atoms with Crippen molar-refractivity contribution in [2.45, 2.75) is 19.5 Å². The van der Waals surface area contributed by atoms with Gasteiger partial charge in [-0.2, -0.15) is 13.2 Å². The molecule has 15 heteroatoms. The average Bonchev–Trinajstić information content (AvgIpc) is 3.33. The predicted octanol–water partition coefficient (Wildman–Crippen LogP) is 4.49. The number of carboxylic acid groups (broad SMARTS) is 1. The molecule has 10 nitrogen and oxygen atoms in total. The molecule has 3 heterocycles. The monoisotopic (exact) mass is 597 g/mol. The number of methoxy groups -OCH3 is 1. The van der Waals surface area contributed by atoms with Crippen LogP contribution in [0.25, 0.3) is 11.3 Å². The minimum atomic E-state index is -4.72. The van der Waals surface area contributed by atoms with Gasteiger partial charge in [0.25, 0.3) is 0 Å².